The van der Waals surface area contributed by atoms with Crippen LogP contribution in [0.4, 0.5) is 4.79 Å². The highest BCUT2D eigenvalue weighted by Gasteiger charge is 2.44. The number of phenols is 1. The van der Waals surface area contributed by atoms with E-state index in [4.69, 9.17) is 4.74 Å². The van der Waals surface area contributed by atoms with Crippen molar-refractivity contribution in [2.75, 3.05) is 0 Å². The van der Waals surface area contributed by atoms with Gasteiger partial charge in [-0.25, -0.2) is 4.79 Å². The fourth-order valence-corrected chi connectivity index (χ4v) is 4.90. The molecule has 0 saturated heterocycles. The van der Waals surface area contributed by atoms with Crippen molar-refractivity contribution in [3.63, 3.8) is 0 Å². The summed E-state index contributed by atoms with van der Waals surface area (Å²) in [6, 6.07) is 4.70. The molecule has 1 saturated carbocycles. The Morgan fingerprint density at radius 3 is 2.18 bits per heavy atom. The number of nitrogens with one attached hydrogen (secondary N) is 2. The number of aromatic hydroxyl groups is 1. The largest absolute Gasteiger partial charge is 0.508 e. The van der Waals surface area contributed by atoms with E-state index in [2.05, 4.69) is 10.6 Å². The van der Waals surface area contributed by atoms with E-state index in [1.54, 1.807) is 43.9 Å². The zero-order chi connectivity index (χ0) is 28.7. The lowest BCUT2D eigenvalue weighted by atomic mass is 9.89. The molecule has 0 heterocycles. The smallest absolute Gasteiger partial charge is 0.408 e. The Morgan fingerprint density at radius 1 is 1.05 bits per heavy atom. The van der Waals surface area contributed by atoms with Gasteiger partial charge < -0.3 is 25.4 Å². The van der Waals surface area contributed by atoms with E-state index >= 15 is 0 Å². The summed E-state index contributed by atoms with van der Waals surface area (Å²) in [5.74, 6) is -0.677. The lowest BCUT2D eigenvalue weighted by Gasteiger charge is -2.45. The van der Waals surface area contributed by atoms with Gasteiger partial charge in [-0.2, -0.15) is 0 Å². The maximum Gasteiger partial charge on any atom is 0.408 e. The fraction of sp³-hybridized carbons (Fsp3) is 0.700. The zero-order valence-electron chi connectivity index (χ0n) is 24.6. The van der Waals surface area contributed by atoms with Crippen LogP contribution < -0.4 is 10.6 Å². The lowest BCUT2D eigenvalue weighted by Crippen LogP contribution is -2.60. The second-order valence-corrected chi connectivity index (χ2v) is 12.5. The van der Waals surface area contributed by atoms with E-state index in [0.717, 1.165) is 32.1 Å². The number of rotatable bonds is 10. The predicted octanol–water partition coefficient (Wildman–Crippen LogP) is 5.84. The van der Waals surface area contributed by atoms with Crippen molar-refractivity contribution in [1.29, 1.82) is 0 Å². The normalized spacial score (nSPS) is 16.4. The highest BCUT2D eigenvalue weighted by atomic mass is 16.6. The van der Waals surface area contributed by atoms with Gasteiger partial charge in [0, 0.05) is 17.1 Å². The van der Waals surface area contributed by atoms with Crippen LogP contribution in [-0.4, -0.2) is 51.1 Å². The molecule has 0 aliphatic heterocycles. The van der Waals surface area contributed by atoms with Crippen molar-refractivity contribution in [3.8, 4) is 5.75 Å². The van der Waals surface area contributed by atoms with Gasteiger partial charge in [0.15, 0.2) is 0 Å². The van der Waals surface area contributed by atoms with Gasteiger partial charge in [0.05, 0.1) is 0 Å². The third-order valence-electron chi connectivity index (χ3n) is 7.14. The number of alkyl carbamates (subject to hydrolysis) is 1. The van der Waals surface area contributed by atoms with Crippen molar-refractivity contribution in [1.82, 2.24) is 15.5 Å². The lowest BCUT2D eigenvalue weighted by molar-refractivity contribution is -0.150. The summed E-state index contributed by atoms with van der Waals surface area (Å²) in [5, 5.41) is 16.8. The molecule has 2 unspecified atom stereocenters. The van der Waals surface area contributed by atoms with Gasteiger partial charge in [0.25, 0.3) is 0 Å². The first-order valence-corrected chi connectivity index (χ1v) is 14.1. The van der Waals surface area contributed by atoms with Crippen LogP contribution in [0.15, 0.2) is 24.3 Å². The summed E-state index contributed by atoms with van der Waals surface area (Å²) in [5.41, 5.74) is -1.13. The number of hydrogen-bond donors (Lipinski definition) is 3. The molecule has 0 radical (unpaired) electrons. The Morgan fingerprint density at radius 2 is 1.66 bits per heavy atom. The standard InChI is InChI=1S/C30H49N3O5/c1-9-30(7,8)33(27(36)23(19-20(2)3)32-28(37)38-29(4,5)6)25(22-17-13-14-18-24(22)34)26(35)31-21-15-11-10-12-16-21/h13-14,17-18,20-21,23,25,34H,9-12,15-16,19H2,1-8H3,(H,31,35)(H,32,37). The summed E-state index contributed by atoms with van der Waals surface area (Å²) in [6.45, 7) is 15.0. The van der Waals surface area contributed by atoms with Gasteiger partial charge >= 0.3 is 6.09 Å². The quantitative estimate of drug-likeness (QED) is 0.352. The molecule has 8 nitrogen and oxygen atoms in total. The zero-order valence-corrected chi connectivity index (χ0v) is 24.6. The molecule has 1 aromatic carbocycles. The highest BCUT2D eigenvalue weighted by Crippen LogP contribution is 2.36. The van der Waals surface area contributed by atoms with Crippen LogP contribution in [0.1, 0.15) is 112 Å². The Kier molecular flexibility index (Phi) is 11.0. The summed E-state index contributed by atoms with van der Waals surface area (Å²) in [7, 11) is 0. The number of amides is 3. The fourth-order valence-electron chi connectivity index (χ4n) is 4.90. The van der Waals surface area contributed by atoms with Gasteiger partial charge in [-0.15, -0.1) is 0 Å². The van der Waals surface area contributed by atoms with Gasteiger partial charge in [0.1, 0.15) is 23.4 Å². The first-order chi connectivity index (χ1) is 17.7. The molecule has 1 aliphatic rings. The molecule has 0 aromatic heterocycles. The number of para-hydroxylation sites is 1. The van der Waals surface area contributed by atoms with Crippen LogP contribution in [0.5, 0.6) is 5.75 Å². The van der Waals surface area contributed by atoms with Crippen LogP contribution in [0, 0.1) is 5.92 Å². The third kappa shape index (κ3) is 8.91. The Labute approximate surface area is 228 Å². The Bertz CT molecular complexity index is 947. The van der Waals surface area contributed by atoms with E-state index in [9.17, 15) is 19.5 Å². The monoisotopic (exact) mass is 531 g/mol. The van der Waals surface area contributed by atoms with Crippen LogP contribution in [-0.2, 0) is 14.3 Å². The van der Waals surface area contributed by atoms with Crippen molar-refractivity contribution in [3.05, 3.63) is 29.8 Å². The third-order valence-corrected chi connectivity index (χ3v) is 7.14. The van der Waals surface area contributed by atoms with Crippen LogP contribution in [0.2, 0.25) is 0 Å². The maximum atomic E-state index is 14.4. The van der Waals surface area contributed by atoms with Gasteiger partial charge in [-0.1, -0.05) is 58.2 Å². The van der Waals surface area contributed by atoms with Crippen molar-refractivity contribution < 1.29 is 24.2 Å². The van der Waals surface area contributed by atoms with Crippen molar-refractivity contribution in [2.24, 2.45) is 5.92 Å². The van der Waals surface area contributed by atoms with Crippen molar-refractivity contribution in [2.45, 2.75) is 130 Å². The molecule has 8 heteroatoms. The van der Waals surface area contributed by atoms with E-state index in [1.807, 2.05) is 34.6 Å². The molecule has 3 amide bonds. The van der Waals surface area contributed by atoms with Gasteiger partial charge in [-0.05, 0) is 72.3 Å². The molecule has 1 aliphatic carbocycles. The minimum Gasteiger partial charge on any atom is -0.508 e. The number of carbonyl (C=O) groups excluding carboxylic acids is 3. The van der Waals surface area contributed by atoms with E-state index < -0.39 is 29.3 Å². The van der Waals surface area contributed by atoms with Crippen LogP contribution in [0.25, 0.3) is 0 Å². The Balaban J connectivity index is 2.57. The molecule has 3 N–H and O–H groups in total. The molecule has 38 heavy (non-hydrogen) atoms. The number of carbonyl (C=O) groups is 3. The number of hydrogen-bond acceptors (Lipinski definition) is 5. The molecule has 0 spiro atoms. The molecule has 2 atom stereocenters. The SMILES string of the molecule is CCC(C)(C)N(C(=O)C(CC(C)C)NC(=O)OC(C)(C)C)C(C(=O)NC1CCCCC1)c1ccccc1O. The number of ether oxygens (including phenoxy) is 1. The summed E-state index contributed by atoms with van der Waals surface area (Å²) >= 11 is 0. The summed E-state index contributed by atoms with van der Waals surface area (Å²) in [6.07, 6.45) is 5.26. The average molecular weight is 532 g/mol. The van der Waals surface area contributed by atoms with E-state index in [0.29, 0.717) is 18.4 Å². The summed E-state index contributed by atoms with van der Waals surface area (Å²) in [4.78, 5) is 42.7. The van der Waals surface area contributed by atoms with Crippen LogP contribution >= 0.6 is 0 Å². The number of nitrogens with zero attached hydrogens (tertiary/aromatic N) is 1. The Hall–Kier alpha value is -2.77. The molecule has 0 bridgehead atoms. The molecular weight excluding hydrogens is 482 g/mol. The minimum absolute atomic E-state index is 0.0256. The van der Waals surface area contributed by atoms with E-state index in [1.165, 1.54) is 6.07 Å². The average Bonchev–Trinajstić information content (AvgIpc) is 2.81. The molecule has 2 rings (SSSR count). The minimum atomic E-state index is -1.07. The predicted molar refractivity (Wildman–Crippen MR) is 150 cm³/mol. The second kappa shape index (κ2) is 13.3. The topological polar surface area (TPSA) is 108 Å². The molecule has 214 valence electrons. The number of phenolic OH excluding ortho intramolecular Hbond substituents is 1. The number of benzene rings is 1. The van der Waals surface area contributed by atoms with Crippen LogP contribution in [0.3, 0.4) is 0 Å². The highest BCUT2D eigenvalue weighted by molar-refractivity contribution is 5.93. The summed E-state index contributed by atoms with van der Waals surface area (Å²) < 4.78 is 5.46. The van der Waals surface area contributed by atoms with E-state index in [-0.39, 0.29) is 29.5 Å². The molecular formula is C30H49N3O5. The second-order valence-electron chi connectivity index (χ2n) is 12.5. The first kappa shape index (κ1) is 31.4. The maximum absolute atomic E-state index is 14.4. The molecule has 1 fully saturated rings. The first-order valence-electron chi connectivity index (χ1n) is 14.1. The van der Waals surface area contributed by atoms with Crippen molar-refractivity contribution >= 4 is 17.9 Å². The van der Waals surface area contributed by atoms with Gasteiger partial charge in [0.2, 0.25) is 11.8 Å². The van der Waals surface area contributed by atoms with Gasteiger partial charge in [-0.3, -0.25) is 9.59 Å². The molecule has 1 aromatic rings.